The summed E-state index contributed by atoms with van der Waals surface area (Å²) < 4.78 is 6.07. The van der Waals surface area contributed by atoms with Crippen molar-refractivity contribution >= 4 is 11.8 Å². The number of hydrogen-bond acceptors (Lipinski definition) is 4. The molecule has 0 radical (unpaired) electrons. The Kier molecular flexibility index (Phi) is 5.39. The molecule has 34 heavy (non-hydrogen) atoms. The Morgan fingerprint density at radius 2 is 1.85 bits per heavy atom. The maximum absolute atomic E-state index is 12.9. The van der Waals surface area contributed by atoms with E-state index in [4.69, 9.17) is 4.74 Å². The molecule has 1 heterocycles. The largest absolute Gasteiger partial charge is 0.462 e. The van der Waals surface area contributed by atoms with Gasteiger partial charge in [0.2, 0.25) is 0 Å². The number of carbonyl (C=O) groups excluding carboxylic acids is 2. The molecule has 4 aliphatic carbocycles. The minimum atomic E-state index is -0.605. The van der Waals surface area contributed by atoms with E-state index in [1.807, 2.05) is 13.8 Å². The van der Waals surface area contributed by atoms with E-state index < -0.39 is 11.5 Å². The normalized spacial score (nSPS) is 48.8. The average molecular weight is 469 g/mol. The Hall–Kier alpha value is -1.42. The number of fused-ring (bicyclic) bond motifs is 7. The van der Waals surface area contributed by atoms with E-state index in [1.165, 1.54) is 11.1 Å². The highest BCUT2D eigenvalue weighted by molar-refractivity contribution is 5.85. The predicted octanol–water partition coefficient (Wildman–Crippen LogP) is 6.03. The fraction of sp³-hybridized carbons (Fsp3) is 0.800. The van der Waals surface area contributed by atoms with Crippen molar-refractivity contribution in [1.82, 2.24) is 0 Å². The van der Waals surface area contributed by atoms with Crippen LogP contribution in [0.3, 0.4) is 0 Å². The van der Waals surface area contributed by atoms with Gasteiger partial charge in [0.05, 0.1) is 12.0 Å². The van der Waals surface area contributed by atoms with Gasteiger partial charge in [0, 0.05) is 23.7 Å². The van der Waals surface area contributed by atoms with Gasteiger partial charge >= 0.3 is 5.97 Å². The number of hydrogen-bond donors (Lipinski definition) is 1. The van der Waals surface area contributed by atoms with Crippen molar-refractivity contribution in [3.63, 3.8) is 0 Å². The highest BCUT2D eigenvalue weighted by Gasteiger charge is 2.71. The van der Waals surface area contributed by atoms with Crippen LogP contribution in [0, 0.1) is 45.3 Å². The standard InChI is InChI=1S/C30H44O4/c1-17(2)9-8-10-18-24-22(34-26(18)33)16-30(7)20-15-21(31)25-27(3,4)23(32)12-13-28(25,5)19(20)11-14-29(24,30)6/h9,15,18-19,21-22,24-25,31H,8,10-14,16H2,1-7H3/t18?,19?,21-,22+,24?,25+,28-,29+,30-/m1/s1. The zero-order chi connectivity index (χ0) is 24.8. The Morgan fingerprint density at radius 3 is 2.53 bits per heavy atom. The van der Waals surface area contributed by atoms with Crippen molar-refractivity contribution in [2.45, 2.75) is 106 Å². The molecule has 0 aromatic rings. The van der Waals surface area contributed by atoms with Gasteiger partial charge in [-0.05, 0) is 74.5 Å². The molecule has 0 spiro atoms. The van der Waals surface area contributed by atoms with Crippen LogP contribution < -0.4 is 0 Å². The Morgan fingerprint density at radius 1 is 1.15 bits per heavy atom. The van der Waals surface area contributed by atoms with Crippen LogP contribution in [0.25, 0.3) is 0 Å². The number of aliphatic hydroxyl groups excluding tert-OH is 1. The van der Waals surface area contributed by atoms with Crippen LogP contribution in [0.15, 0.2) is 23.3 Å². The van der Waals surface area contributed by atoms with Gasteiger partial charge in [-0.25, -0.2) is 0 Å². The van der Waals surface area contributed by atoms with E-state index in [0.717, 1.165) is 38.5 Å². The number of allylic oxidation sites excluding steroid dienone is 3. The summed E-state index contributed by atoms with van der Waals surface area (Å²) in [6, 6.07) is 0. The zero-order valence-electron chi connectivity index (χ0n) is 22.2. The summed E-state index contributed by atoms with van der Waals surface area (Å²) in [5, 5.41) is 11.5. The van der Waals surface area contributed by atoms with E-state index in [2.05, 4.69) is 46.8 Å². The van der Waals surface area contributed by atoms with Gasteiger partial charge in [-0.1, -0.05) is 57.9 Å². The maximum atomic E-state index is 12.9. The molecule has 1 saturated heterocycles. The molecule has 5 rings (SSSR count). The molecule has 1 N–H and O–H groups in total. The molecule has 4 heteroatoms. The summed E-state index contributed by atoms with van der Waals surface area (Å²) in [5.74, 6) is 0.833. The van der Waals surface area contributed by atoms with Crippen LogP contribution in [0.2, 0.25) is 0 Å². The molecule has 9 atom stereocenters. The molecule has 3 saturated carbocycles. The van der Waals surface area contributed by atoms with Gasteiger partial charge in [0.15, 0.2) is 0 Å². The van der Waals surface area contributed by atoms with E-state index in [-0.39, 0.29) is 46.1 Å². The zero-order valence-corrected chi connectivity index (χ0v) is 22.2. The second kappa shape index (κ2) is 7.54. The predicted molar refractivity (Wildman–Crippen MR) is 133 cm³/mol. The maximum Gasteiger partial charge on any atom is 0.309 e. The molecule has 188 valence electrons. The number of ether oxygens (including phenoxy) is 1. The molecule has 0 aromatic carbocycles. The highest BCUT2D eigenvalue weighted by atomic mass is 16.6. The molecule has 4 nitrogen and oxygen atoms in total. The lowest BCUT2D eigenvalue weighted by Gasteiger charge is -2.63. The number of ketones is 1. The molecular weight excluding hydrogens is 424 g/mol. The summed E-state index contributed by atoms with van der Waals surface area (Å²) in [7, 11) is 0. The smallest absolute Gasteiger partial charge is 0.309 e. The van der Waals surface area contributed by atoms with Gasteiger partial charge < -0.3 is 9.84 Å². The van der Waals surface area contributed by atoms with E-state index >= 15 is 0 Å². The fourth-order valence-corrected chi connectivity index (χ4v) is 9.80. The number of carbonyl (C=O) groups is 2. The van der Waals surface area contributed by atoms with Gasteiger partial charge in [-0.3, -0.25) is 9.59 Å². The van der Waals surface area contributed by atoms with Gasteiger partial charge in [-0.15, -0.1) is 0 Å². The SMILES string of the molecule is CC(C)=CCCC1C(=O)O[C@H]2C[C@]3(C)C4=C[C@@H](O)[C@H]5C(C)(C)C(=O)CC[C@]5(C)C4CC[C@@]3(C)C12. The summed E-state index contributed by atoms with van der Waals surface area (Å²) >= 11 is 0. The average Bonchev–Trinajstić information content (AvgIpc) is 3.15. The van der Waals surface area contributed by atoms with Crippen LogP contribution in [0.1, 0.15) is 93.4 Å². The van der Waals surface area contributed by atoms with Crippen molar-refractivity contribution < 1.29 is 19.4 Å². The Balaban J connectivity index is 1.53. The van der Waals surface area contributed by atoms with Crippen molar-refractivity contribution in [1.29, 1.82) is 0 Å². The molecule has 0 amide bonds. The number of aliphatic hydroxyl groups is 1. The highest BCUT2D eigenvalue weighted by Crippen LogP contribution is 2.74. The summed E-state index contributed by atoms with van der Waals surface area (Å²) in [4.78, 5) is 25.8. The molecular formula is C30H44O4. The van der Waals surface area contributed by atoms with Crippen molar-refractivity contribution in [2.24, 2.45) is 45.3 Å². The summed E-state index contributed by atoms with van der Waals surface area (Å²) in [5.41, 5.74) is 1.98. The van der Waals surface area contributed by atoms with Crippen LogP contribution >= 0.6 is 0 Å². The van der Waals surface area contributed by atoms with Crippen molar-refractivity contribution in [3.8, 4) is 0 Å². The Labute approximate surface area is 205 Å². The molecule has 0 bridgehead atoms. The fourth-order valence-electron chi connectivity index (χ4n) is 9.80. The third-order valence-electron chi connectivity index (χ3n) is 11.6. The first-order chi connectivity index (χ1) is 15.8. The van der Waals surface area contributed by atoms with E-state index in [0.29, 0.717) is 18.1 Å². The minimum Gasteiger partial charge on any atom is -0.462 e. The third kappa shape index (κ3) is 2.99. The lowest BCUT2D eigenvalue weighted by molar-refractivity contribution is -0.157. The van der Waals surface area contributed by atoms with Gasteiger partial charge in [-0.2, -0.15) is 0 Å². The first-order valence-electron chi connectivity index (χ1n) is 13.5. The molecule has 1 aliphatic heterocycles. The van der Waals surface area contributed by atoms with Crippen LogP contribution in [0.5, 0.6) is 0 Å². The third-order valence-corrected chi connectivity index (χ3v) is 11.6. The number of esters is 1. The number of Topliss-reactive ketones (excluding diaryl/α,β-unsaturated/α-hetero) is 1. The topological polar surface area (TPSA) is 63.6 Å². The van der Waals surface area contributed by atoms with Crippen molar-refractivity contribution in [3.05, 3.63) is 23.3 Å². The van der Waals surface area contributed by atoms with Gasteiger partial charge in [0.1, 0.15) is 11.9 Å². The van der Waals surface area contributed by atoms with Crippen LogP contribution in [-0.4, -0.2) is 29.1 Å². The minimum absolute atomic E-state index is 0.000202. The second-order valence-corrected chi connectivity index (χ2v) is 13.8. The first-order valence-corrected chi connectivity index (χ1v) is 13.5. The lowest BCUT2D eigenvalue weighted by Crippen LogP contribution is -2.61. The number of rotatable bonds is 3. The molecule has 3 unspecified atom stereocenters. The van der Waals surface area contributed by atoms with Gasteiger partial charge in [0.25, 0.3) is 0 Å². The lowest BCUT2D eigenvalue weighted by atomic mass is 9.40. The monoisotopic (exact) mass is 468 g/mol. The molecule has 0 aromatic heterocycles. The van der Waals surface area contributed by atoms with Crippen LogP contribution in [0.4, 0.5) is 0 Å². The Bertz CT molecular complexity index is 970. The van der Waals surface area contributed by atoms with E-state index in [9.17, 15) is 14.7 Å². The van der Waals surface area contributed by atoms with Crippen LogP contribution in [-0.2, 0) is 14.3 Å². The van der Waals surface area contributed by atoms with E-state index in [1.54, 1.807) is 0 Å². The quantitative estimate of drug-likeness (QED) is 0.406. The van der Waals surface area contributed by atoms with Crippen molar-refractivity contribution in [2.75, 3.05) is 0 Å². The molecule has 4 fully saturated rings. The summed E-state index contributed by atoms with van der Waals surface area (Å²) in [6.45, 7) is 15.4. The second-order valence-electron chi connectivity index (χ2n) is 13.8. The molecule has 5 aliphatic rings. The first kappa shape index (κ1) is 24.3. The summed E-state index contributed by atoms with van der Waals surface area (Å²) in [6.07, 6.45) is 10.0.